The molecule has 0 aliphatic carbocycles. The number of carbonyl (C=O) groups excluding carboxylic acids is 1. The Morgan fingerprint density at radius 3 is 2.68 bits per heavy atom. The minimum Gasteiger partial charge on any atom is -0.366 e. The summed E-state index contributed by atoms with van der Waals surface area (Å²) in [6.45, 7) is 8.61. The molecule has 2 heterocycles. The van der Waals surface area contributed by atoms with Gasteiger partial charge in [-0.05, 0) is 31.2 Å². The van der Waals surface area contributed by atoms with Crippen molar-refractivity contribution in [3.63, 3.8) is 0 Å². The number of hydrogen-bond acceptors (Lipinski definition) is 5. The summed E-state index contributed by atoms with van der Waals surface area (Å²) in [5.74, 6) is -2.10. The lowest BCUT2D eigenvalue weighted by Crippen LogP contribution is -2.31. The molecule has 1 aromatic carbocycles. The third-order valence-electron chi connectivity index (χ3n) is 5.26. The van der Waals surface area contributed by atoms with Crippen LogP contribution >= 0.6 is 24.2 Å². The van der Waals surface area contributed by atoms with Gasteiger partial charge >= 0.3 is 0 Å². The first-order valence-corrected chi connectivity index (χ1v) is 11.2. The predicted octanol–water partition coefficient (Wildman–Crippen LogP) is 6.12. The van der Waals surface area contributed by atoms with Gasteiger partial charge in [0, 0.05) is 36.2 Å². The summed E-state index contributed by atoms with van der Waals surface area (Å²) in [4.78, 5) is 22.7. The monoisotopic (exact) mass is 500 g/mol. The number of aromatic nitrogens is 2. The van der Waals surface area contributed by atoms with Crippen molar-refractivity contribution in [3.05, 3.63) is 83.2 Å². The lowest BCUT2D eigenvalue weighted by Gasteiger charge is -2.25. The van der Waals surface area contributed by atoms with Crippen molar-refractivity contribution in [1.29, 1.82) is 5.41 Å². The molecule has 2 aromatic heterocycles. The maximum absolute atomic E-state index is 14.3. The molecule has 3 rings (SSSR count). The number of nitrogens with one attached hydrogen (secondary N) is 1. The van der Waals surface area contributed by atoms with Gasteiger partial charge in [-0.15, -0.1) is 12.6 Å². The second kappa shape index (κ2) is 10.9. The van der Waals surface area contributed by atoms with E-state index in [2.05, 4.69) is 29.2 Å². The summed E-state index contributed by atoms with van der Waals surface area (Å²) in [6, 6.07) is 6.89. The van der Waals surface area contributed by atoms with Crippen LogP contribution in [0.1, 0.15) is 25.1 Å². The molecule has 1 atom stereocenters. The van der Waals surface area contributed by atoms with Gasteiger partial charge in [0.1, 0.15) is 11.6 Å². The van der Waals surface area contributed by atoms with Crippen molar-refractivity contribution in [3.8, 4) is 0 Å². The normalized spacial score (nSPS) is 12.2. The lowest BCUT2D eigenvalue weighted by atomic mass is 10.00. The van der Waals surface area contributed by atoms with E-state index in [0.29, 0.717) is 35.9 Å². The topological polar surface area (TPSA) is 69.9 Å². The van der Waals surface area contributed by atoms with E-state index in [1.807, 2.05) is 30.0 Å². The average Bonchev–Trinajstić information content (AvgIpc) is 2.82. The van der Waals surface area contributed by atoms with Crippen LogP contribution in [0.25, 0.3) is 16.6 Å². The van der Waals surface area contributed by atoms with E-state index in [1.165, 1.54) is 0 Å². The van der Waals surface area contributed by atoms with Crippen LogP contribution in [0.5, 0.6) is 0 Å². The van der Waals surface area contributed by atoms with Crippen molar-refractivity contribution in [1.82, 2.24) is 9.97 Å². The van der Waals surface area contributed by atoms with Crippen LogP contribution in [0.3, 0.4) is 0 Å². The molecule has 0 radical (unpaired) electrons. The highest BCUT2D eigenvalue weighted by Gasteiger charge is 2.18. The zero-order valence-electron chi connectivity index (χ0n) is 18.6. The summed E-state index contributed by atoms with van der Waals surface area (Å²) in [6.07, 6.45) is 5.59. The Labute approximate surface area is 207 Å². The number of hydrogen-bond donors (Lipinski definition) is 2. The van der Waals surface area contributed by atoms with Gasteiger partial charge in [0.2, 0.25) is 0 Å². The number of anilines is 1. The van der Waals surface area contributed by atoms with Crippen LogP contribution in [-0.4, -0.2) is 33.9 Å². The van der Waals surface area contributed by atoms with Crippen LogP contribution in [0, 0.1) is 23.0 Å². The fourth-order valence-electron chi connectivity index (χ4n) is 3.27. The Morgan fingerprint density at radius 1 is 1.26 bits per heavy atom. The minimum atomic E-state index is -0.912. The minimum absolute atomic E-state index is 0.147. The molecule has 0 saturated carbocycles. The average molecular weight is 501 g/mol. The molecule has 3 aromatic rings. The Balaban J connectivity index is 1.96. The number of carbonyl (C=O) groups is 1. The zero-order valence-corrected chi connectivity index (χ0v) is 20.3. The highest BCUT2D eigenvalue weighted by atomic mass is 35.5. The number of rotatable bonds is 9. The number of allylic oxidation sites excluding steroid dienone is 2. The van der Waals surface area contributed by atoms with Gasteiger partial charge in [-0.3, -0.25) is 15.2 Å². The van der Waals surface area contributed by atoms with Gasteiger partial charge in [0.15, 0.2) is 5.12 Å². The molecule has 1 N–H and O–H groups in total. The molecular formula is C25H23ClF2N4OS. The number of benzene rings is 1. The van der Waals surface area contributed by atoms with E-state index in [-0.39, 0.29) is 32.9 Å². The molecule has 0 bridgehead atoms. The molecule has 34 heavy (non-hydrogen) atoms. The SMILES string of the molecule is C=C(C(=N)c1cc(Cl)c(F)cc1F)c1ccc2ncc(N(C/C=C\C)CC(C)C(=O)S)cc2n1. The highest BCUT2D eigenvalue weighted by Crippen LogP contribution is 2.26. The smallest absolute Gasteiger partial charge is 0.190 e. The molecular weight excluding hydrogens is 478 g/mol. The largest absolute Gasteiger partial charge is 0.366 e. The summed E-state index contributed by atoms with van der Waals surface area (Å²) >= 11 is 9.71. The number of fused-ring (bicyclic) bond motifs is 1. The molecule has 5 nitrogen and oxygen atoms in total. The number of nitrogens with zero attached hydrogens (tertiary/aromatic N) is 3. The van der Waals surface area contributed by atoms with Crippen molar-refractivity contribution < 1.29 is 13.6 Å². The first kappa shape index (κ1) is 25.5. The van der Waals surface area contributed by atoms with Gasteiger partial charge in [-0.1, -0.05) is 37.3 Å². The first-order valence-electron chi connectivity index (χ1n) is 10.4. The molecule has 0 aliphatic heterocycles. The number of halogens is 3. The van der Waals surface area contributed by atoms with Gasteiger partial charge < -0.3 is 4.90 Å². The molecule has 0 amide bonds. The third kappa shape index (κ3) is 5.69. The van der Waals surface area contributed by atoms with Crippen LogP contribution in [-0.2, 0) is 4.79 Å². The Kier molecular flexibility index (Phi) is 8.17. The molecule has 0 spiro atoms. The van der Waals surface area contributed by atoms with E-state index < -0.39 is 11.6 Å². The van der Waals surface area contributed by atoms with E-state index in [1.54, 1.807) is 25.3 Å². The summed E-state index contributed by atoms with van der Waals surface area (Å²) < 4.78 is 27.8. The number of pyridine rings is 2. The van der Waals surface area contributed by atoms with Gasteiger partial charge in [-0.25, -0.2) is 13.8 Å². The third-order valence-corrected chi connectivity index (χ3v) is 5.99. The maximum Gasteiger partial charge on any atom is 0.190 e. The quantitative estimate of drug-likeness (QED) is 0.161. The van der Waals surface area contributed by atoms with Gasteiger partial charge in [-0.2, -0.15) is 0 Å². The van der Waals surface area contributed by atoms with Crippen LogP contribution in [0.15, 0.2) is 55.3 Å². The number of thiol groups is 1. The lowest BCUT2D eigenvalue weighted by molar-refractivity contribution is -0.113. The predicted molar refractivity (Wildman–Crippen MR) is 137 cm³/mol. The molecule has 0 aliphatic rings. The summed E-state index contributed by atoms with van der Waals surface area (Å²) in [7, 11) is 0. The molecule has 0 fully saturated rings. The van der Waals surface area contributed by atoms with E-state index in [9.17, 15) is 13.6 Å². The Hall–Kier alpha value is -3.10. The van der Waals surface area contributed by atoms with Crippen LogP contribution in [0.2, 0.25) is 5.02 Å². The standard InChI is InChI=1S/C25H23ClF2N4OS/c1-4-5-8-32(13-14(2)25(33)34)16-9-23-22(30-12-16)7-6-21(31-23)15(3)24(29)17-10-18(26)20(28)11-19(17)27/h4-7,9-12,14,29H,3,8,13H2,1-2H3,(H,33,34)/b5-4-,29-24?. The van der Waals surface area contributed by atoms with Crippen molar-refractivity contribution in [2.75, 3.05) is 18.0 Å². The molecule has 1 unspecified atom stereocenters. The second-order valence-electron chi connectivity index (χ2n) is 7.74. The van der Waals surface area contributed by atoms with E-state index in [0.717, 1.165) is 11.8 Å². The molecule has 176 valence electrons. The molecule has 0 saturated heterocycles. The van der Waals surface area contributed by atoms with Crippen LogP contribution in [0.4, 0.5) is 14.5 Å². The van der Waals surface area contributed by atoms with Crippen LogP contribution < -0.4 is 4.90 Å². The Bertz CT molecular complexity index is 1310. The van der Waals surface area contributed by atoms with Crippen molar-refractivity contribution in [2.45, 2.75) is 13.8 Å². The van der Waals surface area contributed by atoms with Crippen molar-refractivity contribution >= 4 is 57.4 Å². The summed E-state index contributed by atoms with van der Waals surface area (Å²) in [5.41, 5.74) is 1.97. The van der Waals surface area contributed by atoms with Gasteiger partial charge in [0.25, 0.3) is 0 Å². The summed E-state index contributed by atoms with van der Waals surface area (Å²) in [5, 5.41) is 7.87. The maximum atomic E-state index is 14.3. The van der Waals surface area contributed by atoms with E-state index in [4.69, 9.17) is 17.0 Å². The zero-order chi connectivity index (χ0) is 25.0. The fraction of sp³-hybridized carbons (Fsp3) is 0.200. The van der Waals surface area contributed by atoms with E-state index >= 15 is 0 Å². The van der Waals surface area contributed by atoms with Gasteiger partial charge in [0.05, 0.1) is 39.3 Å². The first-order chi connectivity index (χ1) is 16.1. The second-order valence-corrected chi connectivity index (χ2v) is 8.59. The molecule has 9 heteroatoms. The Morgan fingerprint density at radius 2 is 2.00 bits per heavy atom. The van der Waals surface area contributed by atoms with Crippen molar-refractivity contribution in [2.24, 2.45) is 5.92 Å². The highest BCUT2D eigenvalue weighted by molar-refractivity contribution is 7.96. The fourth-order valence-corrected chi connectivity index (χ4v) is 3.51.